The van der Waals surface area contributed by atoms with Crippen molar-refractivity contribution in [3.63, 3.8) is 0 Å². The van der Waals surface area contributed by atoms with Crippen molar-refractivity contribution in [3.8, 4) is 0 Å². The van der Waals surface area contributed by atoms with Gasteiger partial charge in [0.2, 0.25) is 5.91 Å². The molecule has 3 amide bonds. The smallest absolute Gasteiger partial charge is 0.258 e. The van der Waals surface area contributed by atoms with Crippen molar-refractivity contribution >= 4 is 35.0 Å². The van der Waals surface area contributed by atoms with Crippen molar-refractivity contribution in [2.45, 2.75) is 33.6 Å². The first kappa shape index (κ1) is 18.2. The van der Waals surface area contributed by atoms with Crippen molar-refractivity contribution in [2.75, 3.05) is 17.4 Å². The summed E-state index contributed by atoms with van der Waals surface area (Å²) >= 11 is 5.78. The molecule has 0 aromatic heterocycles. The molecule has 1 aliphatic heterocycles. The molecule has 128 valence electrons. The predicted molar refractivity (Wildman–Crippen MR) is 93.9 cm³/mol. The highest BCUT2D eigenvalue weighted by molar-refractivity contribution is 6.29. The van der Waals surface area contributed by atoms with E-state index in [1.807, 2.05) is 32.0 Å². The number of halogens is 1. The van der Waals surface area contributed by atoms with Crippen LogP contribution in [0.15, 0.2) is 29.8 Å². The SMILES string of the molecule is CCc1cccc(CC)c1N(CN1C(=O)C=C(C)C1=O)C(=O)CCl. The lowest BCUT2D eigenvalue weighted by molar-refractivity contribution is -0.137. The summed E-state index contributed by atoms with van der Waals surface area (Å²) in [7, 11) is 0. The average Bonchev–Trinajstić information content (AvgIpc) is 2.83. The molecule has 2 rings (SSSR count). The highest BCUT2D eigenvalue weighted by Gasteiger charge is 2.32. The molecule has 0 unspecified atom stereocenters. The van der Waals surface area contributed by atoms with Gasteiger partial charge in [-0.15, -0.1) is 11.6 Å². The van der Waals surface area contributed by atoms with Crippen molar-refractivity contribution in [1.29, 1.82) is 0 Å². The summed E-state index contributed by atoms with van der Waals surface area (Å²) < 4.78 is 0. The highest BCUT2D eigenvalue weighted by atomic mass is 35.5. The maximum absolute atomic E-state index is 12.5. The molecule has 1 heterocycles. The van der Waals surface area contributed by atoms with Crippen LogP contribution in [0.3, 0.4) is 0 Å². The van der Waals surface area contributed by atoms with E-state index in [2.05, 4.69) is 0 Å². The summed E-state index contributed by atoms with van der Waals surface area (Å²) in [6.07, 6.45) is 2.75. The Morgan fingerprint density at radius 2 is 1.75 bits per heavy atom. The molecular formula is C18H21ClN2O3. The maximum Gasteiger partial charge on any atom is 0.258 e. The topological polar surface area (TPSA) is 57.7 Å². The van der Waals surface area contributed by atoms with Crippen LogP contribution < -0.4 is 4.90 Å². The number of anilines is 1. The quantitative estimate of drug-likeness (QED) is 0.586. The molecule has 6 heteroatoms. The Morgan fingerprint density at radius 1 is 1.17 bits per heavy atom. The van der Waals surface area contributed by atoms with Crippen molar-refractivity contribution in [3.05, 3.63) is 41.0 Å². The van der Waals surface area contributed by atoms with Crippen LogP contribution >= 0.6 is 11.6 Å². The van der Waals surface area contributed by atoms with Gasteiger partial charge >= 0.3 is 0 Å². The second-order valence-electron chi connectivity index (χ2n) is 5.63. The van der Waals surface area contributed by atoms with E-state index in [0.29, 0.717) is 5.57 Å². The number of benzene rings is 1. The Labute approximate surface area is 146 Å². The first-order valence-corrected chi connectivity index (χ1v) is 8.49. The van der Waals surface area contributed by atoms with E-state index in [0.717, 1.165) is 34.6 Å². The molecule has 1 aromatic carbocycles. The van der Waals surface area contributed by atoms with E-state index < -0.39 is 5.91 Å². The molecule has 0 saturated carbocycles. The largest absolute Gasteiger partial charge is 0.292 e. The zero-order valence-corrected chi connectivity index (χ0v) is 14.9. The minimum absolute atomic E-state index is 0.124. The van der Waals surface area contributed by atoms with Crippen molar-refractivity contribution in [1.82, 2.24) is 4.90 Å². The van der Waals surface area contributed by atoms with Crippen molar-refractivity contribution in [2.24, 2.45) is 0 Å². The van der Waals surface area contributed by atoms with Gasteiger partial charge in [-0.05, 0) is 30.9 Å². The number of nitrogens with zero attached hydrogens (tertiary/aromatic N) is 2. The van der Waals surface area contributed by atoms with Crippen LogP contribution in [0.1, 0.15) is 31.9 Å². The summed E-state index contributed by atoms with van der Waals surface area (Å²) in [6, 6.07) is 5.84. The predicted octanol–water partition coefficient (Wildman–Crippen LogP) is 2.66. The van der Waals surface area contributed by atoms with Gasteiger partial charge in [0.15, 0.2) is 0 Å². The Balaban J connectivity index is 2.46. The molecule has 0 atom stereocenters. The van der Waals surface area contributed by atoms with Gasteiger partial charge in [-0.25, -0.2) is 0 Å². The average molecular weight is 349 g/mol. The fourth-order valence-corrected chi connectivity index (χ4v) is 2.97. The second-order valence-corrected chi connectivity index (χ2v) is 5.89. The number of amides is 3. The fourth-order valence-electron chi connectivity index (χ4n) is 2.82. The van der Waals surface area contributed by atoms with Crippen LogP contribution in [-0.4, -0.2) is 35.2 Å². The molecule has 0 radical (unpaired) electrons. The summed E-state index contributed by atoms with van der Waals surface area (Å²) in [4.78, 5) is 39.2. The standard InChI is InChI=1S/C18H21ClN2O3/c1-4-13-7-6-8-14(5-2)17(13)20(16(23)10-19)11-21-15(22)9-12(3)18(21)24/h6-9H,4-5,10-11H2,1-3H3. The first-order chi connectivity index (χ1) is 11.4. The second kappa shape index (κ2) is 7.62. The summed E-state index contributed by atoms with van der Waals surface area (Å²) in [5.74, 6) is -1.34. The van der Waals surface area contributed by atoms with Gasteiger partial charge in [-0.2, -0.15) is 0 Å². The fraction of sp³-hybridized carbons (Fsp3) is 0.389. The maximum atomic E-state index is 12.5. The Hall–Kier alpha value is -2.14. The van der Waals surface area contributed by atoms with Gasteiger partial charge in [-0.3, -0.25) is 24.2 Å². The summed E-state index contributed by atoms with van der Waals surface area (Å²) in [5.41, 5.74) is 3.09. The molecular weight excluding hydrogens is 328 g/mol. The monoisotopic (exact) mass is 348 g/mol. The number of carbonyl (C=O) groups is 3. The molecule has 24 heavy (non-hydrogen) atoms. The molecule has 5 nitrogen and oxygen atoms in total. The molecule has 0 saturated heterocycles. The van der Waals surface area contributed by atoms with Crippen LogP contribution in [0.5, 0.6) is 0 Å². The number of rotatable bonds is 6. The summed E-state index contributed by atoms with van der Waals surface area (Å²) in [5, 5.41) is 0. The molecule has 0 spiro atoms. The van der Waals surface area contributed by atoms with Crippen LogP contribution in [0, 0.1) is 0 Å². The van der Waals surface area contributed by atoms with Crippen LogP contribution in [0.2, 0.25) is 0 Å². The Bertz CT molecular complexity index is 690. The number of alkyl halides is 1. The van der Waals surface area contributed by atoms with E-state index in [4.69, 9.17) is 11.6 Å². The lowest BCUT2D eigenvalue weighted by Crippen LogP contribution is -2.46. The van der Waals surface area contributed by atoms with Crippen LogP contribution in [0.4, 0.5) is 5.69 Å². The van der Waals surface area contributed by atoms with E-state index in [1.165, 1.54) is 11.0 Å². The molecule has 0 fully saturated rings. The number of aryl methyl sites for hydroxylation is 2. The minimum atomic E-state index is -0.406. The number of hydrogen-bond acceptors (Lipinski definition) is 3. The molecule has 1 aliphatic rings. The lowest BCUT2D eigenvalue weighted by Gasteiger charge is -2.30. The van der Waals surface area contributed by atoms with Crippen molar-refractivity contribution < 1.29 is 14.4 Å². The van der Waals surface area contributed by atoms with Gasteiger partial charge in [-0.1, -0.05) is 32.0 Å². The van der Waals surface area contributed by atoms with E-state index in [9.17, 15) is 14.4 Å². The van der Waals surface area contributed by atoms with Gasteiger partial charge in [0, 0.05) is 11.6 Å². The number of para-hydroxylation sites is 1. The third kappa shape index (κ3) is 3.36. The molecule has 1 aromatic rings. The molecule has 0 bridgehead atoms. The first-order valence-electron chi connectivity index (χ1n) is 7.95. The van der Waals surface area contributed by atoms with E-state index >= 15 is 0 Å². The third-order valence-electron chi connectivity index (χ3n) is 4.12. The Kier molecular flexibility index (Phi) is 5.78. The lowest BCUT2D eigenvalue weighted by atomic mass is 10.0. The van der Waals surface area contributed by atoms with Gasteiger partial charge in [0.25, 0.3) is 11.8 Å². The van der Waals surface area contributed by atoms with Crippen LogP contribution in [-0.2, 0) is 27.2 Å². The number of hydrogen-bond donors (Lipinski definition) is 0. The third-order valence-corrected chi connectivity index (χ3v) is 4.35. The Morgan fingerprint density at radius 3 is 2.17 bits per heavy atom. The molecule has 0 aliphatic carbocycles. The highest BCUT2D eigenvalue weighted by Crippen LogP contribution is 2.28. The normalized spacial score (nSPS) is 14.2. The van der Waals surface area contributed by atoms with Gasteiger partial charge < -0.3 is 0 Å². The van der Waals surface area contributed by atoms with Gasteiger partial charge in [0.05, 0.1) is 5.69 Å². The molecule has 0 N–H and O–H groups in total. The minimum Gasteiger partial charge on any atom is -0.292 e. The number of carbonyl (C=O) groups excluding carboxylic acids is 3. The summed E-state index contributed by atoms with van der Waals surface area (Å²) in [6.45, 7) is 5.46. The van der Waals surface area contributed by atoms with Gasteiger partial charge in [0.1, 0.15) is 12.5 Å². The van der Waals surface area contributed by atoms with E-state index in [1.54, 1.807) is 6.92 Å². The zero-order chi connectivity index (χ0) is 17.9. The van der Waals surface area contributed by atoms with E-state index in [-0.39, 0.29) is 24.4 Å². The number of imide groups is 1. The van der Waals surface area contributed by atoms with Crippen LogP contribution in [0.25, 0.3) is 0 Å². The zero-order valence-electron chi connectivity index (χ0n) is 14.1.